The molecule has 1 amide bonds. The Balaban J connectivity index is 1.85. The minimum Gasteiger partial charge on any atom is -0.493 e. The topological polar surface area (TPSA) is 79.2 Å². The van der Waals surface area contributed by atoms with Gasteiger partial charge in [-0.15, -0.1) is 0 Å². The second-order valence-corrected chi connectivity index (χ2v) is 9.55. The van der Waals surface area contributed by atoms with E-state index in [1.807, 2.05) is 32.0 Å². The lowest BCUT2D eigenvalue weighted by Gasteiger charge is -2.34. The SMILES string of the molecule is CCCCC(O)C(=O)N1CC(c2ccc(OC)c(OC3CCCC3)c2)C(C)(C(C)O)C1. The summed E-state index contributed by atoms with van der Waals surface area (Å²) in [7, 11) is 1.64. The van der Waals surface area contributed by atoms with Gasteiger partial charge < -0.3 is 24.6 Å². The molecule has 0 bridgehead atoms. The van der Waals surface area contributed by atoms with Gasteiger partial charge in [0.05, 0.1) is 19.3 Å². The third-order valence-corrected chi connectivity index (χ3v) is 7.30. The van der Waals surface area contributed by atoms with Gasteiger partial charge in [-0.3, -0.25) is 4.79 Å². The van der Waals surface area contributed by atoms with Gasteiger partial charge in [-0.05, 0) is 56.7 Å². The Hall–Kier alpha value is -1.79. The number of aliphatic hydroxyl groups is 2. The molecular weight excluding hydrogens is 394 g/mol. The zero-order chi connectivity index (χ0) is 22.6. The summed E-state index contributed by atoms with van der Waals surface area (Å²) in [5, 5.41) is 21.0. The minimum absolute atomic E-state index is 0.0633. The molecule has 1 aliphatic heterocycles. The van der Waals surface area contributed by atoms with Crippen molar-refractivity contribution in [2.45, 2.75) is 89.9 Å². The average molecular weight is 434 g/mol. The number of hydrogen-bond acceptors (Lipinski definition) is 5. The van der Waals surface area contributed by atoms with E-state index < -0.39 is 17.6 Å². The Kier molecular flexibility index (Phi) is 7.87. The number of amides is 1. The van der Waals surface area contributed by atoms with E-state index in [-0.39, 0.29) is 17.9 Å². The second kappa shape index (κ2) is 10.2. The first-order valence-electron chi connectivity index (χ1n) is 11.8. The molecule has 1 aromatic carbocycles. The maximum absolute atomic E-state index is 12.9. The number of likely N-dealkylation sites (tertiary alicyclic amines) is 1. The van der Waals surface area contributed by atoms with E-state index in [0.29, 0.717) is 25.3 Å². The normalized spacial score (nSPS) is 26.1. The molecule has 3 rings (SSSR count). The van der Waals surface area contributed by atoms with E-state index in [1.54, 1.807) is 18.9 Å². The van der Waals surface area contributed by atoms with Gasteiger partial charge in [0.1, 0.15) is 6.10 Å². The van der Waals surface area contributed by atoms with E-state index in [1.165, 1.54) is 12.8 Å². The molecule has 2 fully saturated rings. The van der Waals surface area contributed by atoms with Crippen LogP contribution in [0, 0.1) is 5.41 Å². The first-order valence-corrected chi connectivity index (χ1v) is 11.8. The van der Waals surface area contributed by atoms with E-state index in [4.69, 9.17) is 9.47 Å². The molecule has 0 radical (unpaired) electrons. The van der Waals surface area contributed by atoms with Crippen LogP contribution >= 0.6 is 0 Å². The van der Waals surface area contributed by atoms with Gasteiger partial charge in [-0.1, -0.05) is 32.8 Å². The monoisotopic (exact) mass is 433 g/mol. The lowest BCUT2D eigenvalue weighted by atomic mass is 9.72. The van der Waals surface area contributed by atoms with Crippen molar-refractivity contribution in [1.29, 1.82) is 0 Å². The molecule has 2 aliphatic rings. The summed E-state index contributed by atoms with van der Waals surface area (Å²) in [5.74, 6) is 1.13. The summed E-state index contributed by atoms with van der Waals surface area (Å²) < 4.78 is 11.8. The van der Waals surface area contributed by atoms with Crippen molar-refractivity contribution in [3.8, 4) is 11.5 Å². The number of hydrogen-bond donors (Lipinski definition) is 2. The van der Waals surface area contributed by atoms with Gasteiger partial charge in [0.2, 0.25) is 0 Å². The van der Waals surface area contributed by atoms with E-state index >= 15 is 0 Å². The van der Waals surface area contributed by atoms with Crippen molar-refractivity contribution in [3.63, 3.8) is 0 Å². The Morgan fingerprint density at radius 1 is 1.26 bits per heavy atom. The van der Waals surface area contributed by atoms with E-state index in [0.717, 1.165) is 37.0 Å². The van der Waals surface area contributed by atoms with Crippen LogP contribution in [0.15, 0.2) is 18.2 Å². The van der Waals surface area contributed by atoms with E-state index in [9.17, 15) is 15.0 Å². The Bertz CT molecular complexity index is 745. The van der Waals surface area contributed by atoms with Crippen LogP contribution in [0.3, 0.4) is 0 Å². The van der Waals surface area contributed by atoms with Crippen molar-refractivity contribution in [2.75, 3.05) is 20.2 Å². The Morgan fingerprint density at radius 2 is 1.97 bits per heavy atom. The largest absolute Gasteiger partial charge is 0.493 e. The first kappa shape index (κ1) is 23.9. The van der Waals surface area contributed by atoms with Gasteiger partial charge in [0, 0.05) is 24.4 Å². The highest BCUT2D eigenvalue weighted by molar-refractivity contribution is 5.81. The highest BCUT2D eigenvalue weighted by Gasteiger charge is 2.49. The van der Waals surface area contributed by atoms with Crippen molar-refractivity contribution < 1.29 is 24.5 Å². The van der Waals surface area contributed by atoms with Crippen molar-refractivity contribution in [2.24, 2.45) is 5.41 Å². The van der Waals surface area contributed by atoms with Crippen molar-refractivity contribution >= 4 is 5.91 Å². The van der Waals surface area contributed by atoms with Crippen LogP contribution < -0.4 is 9.47 Å². The molecule has 1 heterocycles. The fourth-order valence-corrected chi connectivity index (χ4v) is 5.01. The van der Waals surface area contributed by atoms with Crippen LogP contribution in [0.25, 0.3) is 0 Å². The summed E-state index contributed by atoms with van der Waals surface area (Å²) in [6.07, 6.45) is 5.34. The number of aliphatic hydroxyl groups excluding tert-OH is 2. The standard InChI is InChI=1S/C25H39NO5/c1-5-6-11-21(28)24(29)26-15-20(25(3,16-26)17(2)27)18-12-13-22(30-4)23(14-18)31-19-9-7-8-10-19/h12-14,17,19-21,27-28H,5-11,15-16H2,1-4H3. The zero-order valence-electron chi connectivity index (χ0n) is 19.5. The molecule has 1 aromatic rings. The second-order valence-electron chi connectivity index (χ2n) is 9.55. The molecule has 31 heavy (non-hydrogen) atoms. The molecule has 1 saturated carbocycles. The van der Waals surface area contributed by atoms with Crippen LogP contribution in [0.4, 0.5) is 0 Å². The number of nitrogens with zero attached hydrogens (tertiary/aromatic N) is 1. The Morgan fingerprint density at radius 3 is 2.58 bits per heavy atom. The maximum atomic E-state index is 12.9. The summed E-state index contributed by atoms with van der Waals surface area (Å²) in [6, 6.07) is 5.94. The molecule has 6 heteroatoms. The number of benzene rings is 1. The predicted octanol–water partition coefficient (Wildman–Crippen LogP) is 3.88. The third kappa shape index (κ3) is 5.17. The zero-order valence-corrected chi connectivity index (χ0v) is 19.5. The quantitative estimate of drug-likeness (QED) is 0.618. The molecule has 2 N–H and O–H groups in total. The van der Waals surface area contributed by atoms with Crippen LogP contribution in [-0.4, -0.2) is 59.5 Å². The van der Waals surface area contributed by atoms with Crippen LogP contribution in [0.2, 0.25) is 0 Å². The van der Waals surface area contributed by atoms with Crippen LogP contribution in [0.1, 0.15) is 77.2 Å². The maximum Gasteiger partial charge on any atom is 0.251 e. The van der Waals surface area contributed by atoms with Gasteiger partial charge in [-0.2, -0.15) is 0 Å². The van der Waals surface area contributed by atoms with Gasteiger partial charge in [0.15, 0.2) is 11.5 Å². The van der Waals surface area contributed by atoms with Crippen LogP contribution in [-0.2, 0) is 4.79 Å². The van der Waals surface area contributed by atoms with Crippen LogP contribution in [0.5, 0.6) is 11.5 Å². The number of rotatable bonds is 9. The van der Waals surface area contributed by atoms with Crippen molar-refractivity contribution in [3.05, 3.63) is 23.8 Å². The van der Waals surface area contributed by atoms with Gasteiger partial charge >= 0.3 is 0 Å². The fraction of sp³-hybridized carbons (Fsp3) is 0.720. The predicted molar refractivity (Wildman–Crippen MR) is 121 cm³/mol. The summed E-state index contributed by atoms with van der Waals surface area (Å²) in [6.45, 7) is 6.74. The van der Waals surface area contributed by atoms with E-state index in [2.05, 4.69) is 0 Å². The molecule has 1 saturated heterocycles. The Labute approximate surface area is 186 Å². The summed E-state index contributed by atoms with van der Waals surface area (Å²) in [4.78, 5) is 14.6. The van der Waals surface area contributed by atoms with Gasteiger partial charge in [-0.25, -0.2) is 0 Å². The number of carbonyl (C=O) groups excluding carboxylic acids is 1. The summed E-state index contributed by atoms with van der Waals surface area (Å²) >= 11 is 0. The average Bonchev–Trinajstić information content (AvgIpc) is 3.39. The molecular formula is C25H39NO5. The lowest BCUT2D eigenvalue weighted by Crippen LogP contribution is -2.41. The number of carbonyl (C=O) groups is 1. The molecule has 0 spiro atoms. The summed E-state index contributed by atoms with van der Waals surface area (Å²) in [5.41, 5.74) is 0.509. The number of methoxy groups -OCH3 is 1. The lowest BCUT2D eigenvalue weighted by molar-refractivity contribution is -0.140. The van der Waals surface area contributed by atoms with Gasteiger partial charge in [0.25, 0.3) is 5.91 Å². The molecule has 6 nitrogen and oxygen atoms in total. The highest BCUT2D eigenvalue weighted by atomic mass is 16.5. The molecule has 4 atom stereocenters. The molecule has 1 aliphatic carbocycles. The highest BCUT2D eigenvalue weighted by Crippen LogP contribution is 2.47. The smallest absolute Gasteiger partial charge is 0.251 e. The molecule has 0 aromatic heterocycles. The first-order chi connectivity index (χ1) is 14.8. The number of unbranched alkanes of at least 4 members (excludes halogenated alkanes) is 1. The molecule has 4 unspecified atom stereocenters. The fourth-order valence-electron chi connectivity index (χ4n) is 5.01. The van der Waals surface area contributed by atoms with Crippen molar-refractivity contribution in [1.82, 2.24) is 4.90 Å². The third-order valence-electron chi connectivity index (χ3n) is 7.30. The number of ether oxygens (including phenoxy) is 2. The minimum atomic E-state index is -0.978. The molecule has 174 valence electrons.